The number of aromatic nitrogens is 3. The van der Waals surface area contributed by atoms with Gasteiger partial charge in [-0.2, -0.15) is 0 Å². The molecule has 18 heteroatoms. The lowest BCUT2D eigenvalue weighted by molar-refractivity contribution is -0.274. The standard InChI is InChI=1S/C47H54F3N9O6/c48-47(49,50)65-39-11-7-36(8-12-39)55-42-26-41(53-30-54-42)32-5-9-38(10-6-32)64-24-17-52-44(61)33-1-3-34(4-2-33)46(63)59-22-20-57(21-23-59)29-31-15-18-58(19-16-31)37-25-35(27-51-28-37)40-13-14-43(60)56-45(40)62/h5-12,25-28,30-31,33-34,40H,1-4,13-24,29H2,(H,52,61)(H,53,54,55)(H,56,60,62). The highest BCUT2D eigenvalue weighted by molar-refractivity contribution is 6.01. The van der Waals surface area contributed by atoms with Gasteiger partial charge in [0.2, 0.25) is 23.6 Å². The van der Waals surface area contributed by atoms with Crippen molar-refractivity contribution in [3.05, 3.63) is 84.9 Å². The Morgan fingerprint density at radius 2 is 1.51 bits per heavy atom. The minimum Gasteiger partial charge on any atom is -0.492 e. The maximum atomic E-state index is 13.5. The van der Waals surface area contributed by atoms with Gasteiger partial charge in [0, 0.05) is 87.6 Å². The summed E-state index contributed by atoms with van der Waals surface area (Å²) in [6.45, 7) is 6.69. The van der Waals surface area contributed by atoms with E-state index in [9.17, 15) is 32.3 Å². The first-order valence-electron chi connectivity index (χ1n) is 22.4. The van der Waals surface area contributed by atoms with Gasteiger partial charge >= 0.3 is 6.36 Å². The van der Waals surface area contributed by atoms with Crippen molar-refractivity contribution < 1.29 is 41.8 Å². The third-order valence-corrected chi connectivity index (χ3v) is 12.9. The predicted molar refractivity (Wildman–Crippen MR) is 235 cm³/mol. The molecule has 65 heavy (non-hydrogen) atoms. The van der Waals surface area contributed by atoms with Crippen LogP contribution in [-0.2, 0) is 19.2 Å². The summed E-state index contributed by atoms with van der Waals surface area (Å²) in [5.74, 6) is 0.577. The molecule has 4 aromatic rings. The highest BCUT2D eigenvalue weighted by Gasteiger charge is 2.35. The van der Waals surface area contributed by atoms with Gasteiger partial charge in [0.1, 0.15) is 30.3 Å². The van der Waals surface area contributed by atoms with Crippen LogP contribution in [0, 0.1) is 17.8 Å². The monoisotopic (exact) mass is 897 g/mol. The van der Waals surface area contributed by atoms with Crippen molar-refractivity contribution in [2.24, 2.45) is 17.8 Å². The fourth-order valence-electron chi connectivity index (χ4n) is 9.25. The molecule has 15 nitrogen and oxygen atoms in total. The van der Waals surface area contributed by atoms with Crippen LogP contribution in [0.2, 0.25) is 0 Å². The maximum Gasteiger partial charge on any atom is 0.573 e. The van der Waals surface area contributed by atoms with Crippen LogP contribution in [0.15, 0.2) is 79.4 Å². The number of carbonyl (C=O) groups excluding carboxylic acids is 4. The second kappa shape index (κ2) is 20.7. The minimum absolute atomic E-state index is 0.00883. The number of nitrogens with zero attached hydrogens (tertiary/aromatic N) is 6. The molecule has 4 fully saturated rings. The highest BCUT2D eigenvalue weighted by atomic mass is 19.4. The molecule has 2 aromatic heterocycles. The lowest BCUT2D eigenvalue weighted by atomic mass is 9.81. The van der Waals surface area contributed by atoms with Crippen LogP contribution < -0.4 is 30.3 Å². The van der Waals surface area contributed by atoms with Crippen molar-refractivity contribution in [2.45, 2.75) is 63.6 Å². The van der Waals surface area contributed by atoms with E-state index in [1.165, 1.54) is 30.6 Å². The number of imide groups is 1. The molecule has 5 heterocycles. The number of alkyl halides is 3. The fourth-order valence-corrected chi connectivity index (χ4v) is 9.25. The van der Waals surface area contributed by atoms with Gasteiger partial charge in [-0.05, 0) is 111 Å². The van der Waals surface area contributed by atoms with E-state index in [1.807, 2.05) is 41.4 Å². The lowest BCUT2D eigenvalue weighted by Crippen LogP contribution is -2.52. The van der Waals surface area contributed by atoms with Gasteiger partial charge in [0.05, 0.1) is 30.0 Å². The summed E-state index contributed by atoms with van der Waals surface area (Å²) < 4.78 is 47.2. The zero-order valence-corrected chi connectivity index (χ0v) is 36.1. The average molecular weight is 898 g/mol. The third-order valence-electron chi connectivity index (χ3n) is 12.9. The number of rotatable bonds is 14. The summed E-state index contributed by atoms with van der Waals surface area (Å²) in [6.07, 6.45) is 5.99. The van der Waals surface area contributed by atoms with Gasteiger partial charge in [-0.1, -0.05) is 0 Å². The molecular weight excluding hydrogens is 844 g/mol. The molecule has 4 amide bonds. The first kappa shape index (κ1) is 45.3. The van der Waals surface area contributed by atoms with E-state index >= 15 is 0 Å². The van der Waals surface area contributed by atoms with E-state index in [2.05, 4.69) is 45.4 Å². The van der Waals surface area contributed by atoms with Gasteiger partial charge in [0.25, 0.3) is 0 Å². The number of hydrogen-bond donors (Lipinski definition) is 3. The molecule has 1 atom stereocenters. The second-order valence-corrected chi connectivity index (χ2v) is 17.2. The number of pyridine rings is 1. The Bertz CT molecular complexity index is 2280. The van der Waals surface area contributed by atoms with Crippen LogP contribution >= 0.6 is 0 Å². The summed E-state index contributed by atoms with van der Waals surface area (Å²) in [4.78, 5) is 70.4. The second-order valence-electron chi connectivity index (χ2n) is 17.2. The van der Waals surface area contributed by atoms with Crippen LogP contribution in [0.4, 0.5) is 30.4 Å². The number of hydrogen-bond acceptors (Lipinski definition) is 12. The van der Waals surface area contributed by atoms with E-state index in [4.69, 9.17) is 4.74 Å². The lowest BCUT2D eigenvalue weighted by Gasteiger charge is -2.40. The fraction of sp³-hybridized carbons (Fsp3) is 0.468. The van der Waals surface area contributed by atoms with Crippen LogP contribution in [0.25, 0.3) is 11.3 Å². The number of anilines is 3. The first-order chi connectivity index (χ1) is 31.4. The molecular formula is C47H54F3N9O6. The Kier molecular flexibility index (Phi) is 14.4. The summed E-state index contributed by atoms with van der Waals surface area (Å²) in [5.41, 5.74) is 3.84. The number of halogens is 3. The molecule has 0 radical (unpaired) electrons. The minimum atomic E-state index is -4.76. The number of nitrogens with one attached hydrogen (secondary N) is 3. The first-order valence-corrected chi connectivity index (χ1v) is 22.4. The van der Waals surface area contributed by atoms with Crippen LogP contribution in [0.3, 0.4) is 0 Å². The maximum absolute atomic E-state index is 13.5. The Labute approximate surface area is 375 Å². The quantitative estimate of drug-likeness (QED) is 0.0989. The van der Waals surface area contributed by atoms with E-state index in [1.54, 1.807) is 12.3 Å². The van der Waals surface area contributed by atoms with E-state index in [0.717, 1.165) is 75.5 Å². The van der Waals surface area contributed by atoms with E-state index in [-0.39, 0.29) is 47.1 Å². The number of carbonyl (C=O) groups is 4. The van der Waals surface area contributed by atoms with Crippen molar-refractivity contribution in [1.29, 1.82) is 0 Å². The molecule has 0 spiro atoms. The molecule has 3 saturated heterocycles. The molecule has 1 unspecified atom stereocenters. The third kappa shape index (κ3) is 12.3. The van der Waals surface area contributed by atoms with E-state index in [0.29, 0.717) is 80.5 Å². The topological polar surface area (TPSA) is 171 Å². The smallest absolute Gasteiger partial charge is 0.492 e. The largest absolute Gasteiger partial charge is 0.573 e. The molecule has 0 bridgehead atoms. The van der Waals surface area contributed by atoms with Crippen LogP contribution in [0.5, 0.6) is 11.5 Å². The van der Waals surface area contributed by atoms with E-state index < -0.39 is 6.36 Å². The van der Waals surface area contributed by atoms with Crippen molar-refractivity contribution >= 4 is 40.8 Å². The summed E-state index contributed by atoms with van der Waals surface area (Å²) in [7, 11) is 0. The van der Waals surface area contributed by atoms with Crippen LogP contribution in [0.1, 0.15) is 62.8 Å². The summed E-state index contributed by atoms with van der Waals surface area (Å²) in [6, 6.07) is 16.4. The van der Waals surface area contributed by atoms with Crippen molar-refractivity contribution in [1.82, 2.24) is 35.4 Å². The highest BCUT2D eigenvalue weighted by Crippen LogP contribution is 2.33. The van der Waals surface area contributed by atoms with Gasteiger partial charge in [0.15, 0.2) is 0 Å². The average Bonchev–Trinajstić information content (AvgIpc) is 3.31. The molecule has 3 N–H and O–H groups in total. The Hall–Kier alpha value is -6.30. The van der Waals surface area contributed by atoms with Gasteiger partial charge in [-0.25, -0.2) is 9.97 Å². The molecule has 4 aliphatic rings. The molecule has 1 saturated carbocycles. The predicted octanol–water partition coefficient (Wildman–Crippen LogP) is 6.06. The number of piperazine rings is 1. The molecule has 1 aliphatic carbocycles. The number of piperidine rings is 2. The van der Waals surface area contributed by atoms with Crippen LogP contribution in [-0.4, -0.2) is 114 Å². The van der Waals surface area contributed by atoms with Crippen molar-refractivity contribution in [2.75, 3.05) is 69.2 Å². The van der Waals surface area contributed by atoms with Gasteiger partial charge < -0.3 is 29.9 Å². The molecule has 8 rings (SSSR count). The van der Waals surface area contributed by atoms with Gasteiger partial charge in [-0.3, -0.25) is 34.4 Å². The molecule has 3 aliphatic heterocycles. The zero-order valence-electron chi connectivity index (χ0n) is 36.1. The number of ether oxygens (including phenoxy) is 2. The summed E-state index contributed by atoms with van der Waals surface area (Å²) in [5, 5.41) is 8.49. The number of amides is 4. The van der Waals surface area contributed by atoms with Crippen molar-refractivity contribution in [3.63, 3.8) is 0 Å². The SMILES string of the molecule is O=C1CCC(c2cncc(N3CCC(CN4CCN(C(=O)C5CCC(C(=O)NCCOc6ccc(-c7cc(Nc8ccc(OC(F)(F)F)cc8)ncn7)cc6)CC5)CC4)CC3)c2)C(=O)N1. The Balaban J connectivity index is 0.692. The Morgan fingerprint density at radius 3 is 2.22 bits per heavy atom. The Morgan fingerprint density at radius 1 is 0.800 bits per heavy atom. The summed E-state index contributed by atoms with van der Waals surface area (Å²) >= 11 is 0. The van der Waals surface area contributed by atoms with Crippen molar-refractivity contribution in [3.8, 4) is 22.8 Å². The molecule has 344 valence electrons. The molecule has 2 aromatic carbocycles. The zero-order chi connectivity index (χ0) is 45.3. The number of benzene rings is 2. The normalized spacial score (nSPS) is 21.1. The van der Waals surface area contributed by atoms with Gasteiger partial charge in [-0.15, -0.1) is 13.2 Å².